The van der Waals surface area contributed by atoms with Crippen LogP contribution < -0.4 is 0 Å². The summed E-state index contributed by atoms with van der Waals surface area (Å²) in [6, 6.07) is 8.63. The monoisotopic (exact) mass is 427 g/mol. The van der Waals surface area contributed by atoms with E-state index in [2.05, 4.69) is 0 Å². The maximum Gasteiger partial charge on any atom is 0.270 e. The summed E-state index contributed by atoms with van der Waals surface area (Å²) in [5.41, 5.74) is -0.296. The van der Waals surface area contributed by atoms with Crippen LogP contribution in [0.3, 0.4) is 0 Å². The topological polar surface area (TPSA) is 101 Å². The molecule has 0 unspecified atom stereocenters. The first-order valence-electron chi connectivity index (χ1n) is 8.19. The second-order valence-electron chi connectivity index (χ2n) is 6.05. The number of amides is 1. The van der Waals surface area contributed by atoms with Crippen molar-refractivity contribution in [3.05, 3.63) is 69.0 Å². The molecule has 0 aliphatic carbocycles. The Kier molecular flexibility index (Phi) is 5.64. The number of sulfonamides is 1. The summed E-state index contributed by atoms with van der Waals surface area (Å²) in [6.07, 6.45) is 0. The van der Waals surface area contributed by atoms with Gasteiger partial charge >= 0.3 is 0 Å². The van der Waals surface area contributed by atoms with E-state index in [1.807, 2.05) is 0 Å². The van der Waals surface area contributed by atoms with Gasteiger partial charge in [-0.3, -0.25) is 14.9 Å². The predicted octanol–water partition coefficient (Wildman–Crippen LogP) is 2.53. The van der Waals surface area contributed by atoms with E-state index in [0.29, 0.717) is 0 Å². The number of nitrogens with zero attached hydrogens (tertiary/aromatic N) is 3. The third-order valence-electron chi connectivity index (χ3n) is 4.37. The lowest BCUT2D eigenvalue weighted by Crippen LogP contribution is -2.50. The molecule has 28 heavy (non-hydrogen) atoms. The Labute approximate surface area is 165 Å². The molecule has 11 heteroatoms. The van der Waals surface area contributed by atoms with Crippen molar-refractivity contribution < 1.29 is 22.5 Å². The van der Waals surface area contributed by atoms with Crippen LogP contribution >= 0.6 is 11.6 Å². The van der Waals surface area contributed by atoms with Gasteiger partial charge in [-0.25, -0.2) is 12.8 Å². The summed E-state index contributed by atoms with van der Waals surface area (Å²) in [7, 11) is -4.03. The van der Waals surface area contributed by atoms with Gasteiger partial charge in [-0.15, -0.1) is 0 Å². The number of hydrogen-bond acceptors (Lipinski definition) is 5. The molecule has 0 atom stereocenters. The van der Waals surface area contributed by atoms with Crippen LogP contribution in [0.15, 0.2) is 47.4 Å². The Morgan fingerprint density at radius 1 is 1.11 bits per heavy atom. The van der Waals surface area contributed by atoms with Crippen LogP contribution in [0.2, 0.25) is 5.02 Å². The molecule has 2 aromatic carbocycles. The first kappa shape index (κ1) is 20.2. The van der Waals surface area contributed by atoms with Crippen LogP contribution in [0.5, 0.6) is 0 Å². The molecule has 1 saturated heterocycles. The van der Waals surface area contributed by atoms with Gasteiger partial charge in [0.2, 0.25) is 10.0 Å². The van der Waals surface area contributed by atoms with Crippen LogP contribution in [0.4, 0.5) is 10.1 Å². The second kappa shape index (κ2) is 7.82. The number of halogens is 2. The Balaban J connectivity index is 1.76. The van der Waals surface area contributed by atoms with E-state index in [1.54, 1.807) is 0 Å². The van der Waals surface area contributed by atoms with Crippen molar-refractivity contribution in [2.24, 2.45) is 0 Å². The van der Waals surface area contributed by atoms with Gasteiger partial charge in [-0.05, 0) is 18.2 Å². The van der Waals surface area contributed by atoms with E-state index in [9.17, 15) is 27.7 Å². The van der Waals surface area contributed by atoms with Crippen molar-refractivity contribution in [1.29, 1.82) is 0 Å². The second-order valence-corrected chi connectivity index (χ2v) is 8.36. The van der Waals surface area contributed by atoms with Crippen LogP contribution in [0, 0.1) is 15.9 Å². The molecule has 148 valence electrons. The number of hydrogen-bond donors (Lipinski definition) is 0. The summed E-state index contributed by atoms with van der Waals surface area (Å²) >= 11 is 6.00. The zero-order valence-corrected chi connectivity index (χ0v) is 16.0. The number of carbonyl (C=O) groups excluding carboxylic acids is 1. The molecule has 8 nitrogen and oxygen atoms in total. The zero-order valence-electron chi connectivity index (χ0n) is 14.4. The lowest BCUT2D eigenvalue weighted by Gasteiger charge is -2.34. The van der Waals surface area contributed by atoms with Crippen LogP contribution in [-0.2, 0) is 10.0 Å². The van der Waals surface area contributed by atoms with Gasteiger partial charge in [0.05, 0.1) is 15.5 Å². The van der Waals surface area contributed by atoms with Gasteiger partial charge in [0.1, 0.15) is 10.7 Å². The van der Waals surface area contributed by atoms with Crippen molar-refractivity contribution >= 4 is 33.2 Å². The fraction of sp³-hybridized carbons (Fsp3) is 0.235. The molecule has 1 aliphatic rings. The highest BCUT2D eigenvalue weighted by Crippen LogP contribution is 2.25. The van der Waals surface area contributed by atoms with Crippen molar-refractivity contribution in [2.45, 2.75) is 4.90 Å². The molecule has 0 radical (unpaired) electrons. The zero-order chi connectivity index (χ0) is 20.5. The molecule has 1 fully saturated rings. The molecule has 1 amide bonds. The van der Waals surface area contributed by atoms with Gasteiger partial charge < -0.3 is 4.90 Å². The molecule has 1 aliphatic heterocycles. The van der Waals surface area contributed by atoms with Gasteiger partial charge in [0.25, 0.3) is 11.6 Å². The summed E-state index contributed by atoms with van der Waals surface area (Å²) in [5.74, 6) is -1.37. The summed E-state index contributed by atoms with van der Waals surface area (Å²) in [6.45, 7) is 0.0288. The largest absolute Gasteiger partial charge is 0.336 e. The molecule has 0 N–H and O–H groups in total. The fourth-order valence-electron chi connectivity index (χ4n) is 2.89. The highest BCUT2D eigenvalue weighted by molar-refractivity contribution is 7.89. The molecule has 0 spiro atoms. The van der Waals surface area contributed by atoms with E-state index in [0.717, 1.165) is 16.4 Å². The quantitative estimate of drug-likeness (QED) is 0.551. The first-order valence-corrected chi connectivity index (χ1v) is 10.0. The minimum absolute atomic E-state index is 0.0266. The third-order valence-corrected chi connectivity index (χ3v) is 6.63. The van der Waals surface area contributed by atoms with Crippen molar-refractivity contribution in [1.82, 2.24) is 9.21 Å². The SMILES string of the molecule is O=C(c1cc([N+](=O)[O-])ccc1Cl)N1CCN(S(=O)(=O)c2ccccc2F)CC1. The number of nitro groups is 1. The van der Waals surface area contributed by atoms with Crippen molar-refractivity contribution in [3.63, 3.8) is 0 Å². The van der Waals surface area contributed by atoms with Gasteiger partial charge in [-0.1, -0.05) is 23.7 Å². The van der Waals surface area contributed by atoms with Gasteiger partial charge in [-0.2, -0.15) is 4.31 Å². The molecule has 0 saturated carbocycles. The molecule has 2 aromatic rings. The van der Waals surface area contributed by atoms with Gasteiger partial charge in [0.15, 0.2) is 0 Å². The average molecular weight is 428 g/mol. The third kappa shape index (κ3) is 3.84. The molecule has 0 bridgehead atoms. The Hall–Kier alpha value is -2.56. The van der Waals surface area contributed by atoms with E-state index < -0.39 is 31.6 Å². The van der Waals surface area contributed by atoms with E-state index >= 15 is 0 Å². The highest BCUT2D eigenvalue weighted by Gasteiger charge is 2.32. The van der Waals surface area contributed by atoms with E-state index in [1.165, 1.54) is 35.2 Å². The normalized spacial score (nSPS) is 15.4. The van der Waals surface area contributed by atoms with Crippen LogP contribution in [0.25, 0.3) is 0 Å². The Bertz CT molecular complexity index is 1040. The molecule has 1 heterocycles. The Morgan fingerprint density at radius 3 is 2.36 bits per heavy atom. The van der Waals surface area contributed by atoms with E-state index in [-0.39, 0.29) is 42.5 Å². The molecule has 3 rings (SSSR count). The Morgan fingerprint density at radius 2 is 1.75 bits per heavy atom. The fourth-order valence-corrected chi connectivity index (χ4v) is 4.57. The number of carbonyl (C=O) groups is 1. The predicted molar refractivity (Wildman–Crippen MR) is 99.2 cm³/mol. The minimum atomic E-state index is -4.03. The summed E-state index contributed by atoms with van der Waals surface area (Å²) < 4.78 is 40.2. The number of nitro benzene ring substituents is 1. The standard InChI is InChI=1S/C17H15ClFN3O5S/c18-14-6-5-12(22(24)25)11-13(14)17(23)20-7-9-21(10-8-20)28(26,27)16-4-2-1-3-15(16)19/h1-6,11H,7-10H2. The van der Waals surface area contributed by atoms with Crippen molar-refractivity contribution in [2.75, 3.05) is 26.2 Å². The van der Waals surface area contributed by atoms with Gasteiger partial charge in [0, 0.05) is 38.3 Å². The lowest BCUT2D eigenvalue weighted by molar-refractivity contribution is -0.384. The molecule has 0 aromatic heterocycles. The average Bonchev–Trinajstić information content (AvgIpc) is 2.68. The highest BCUT2D eigenvalue weighted by atomic mass is 35.5. The van der Waals surface area contributed by atoms with Crippen LogP contribution in [0.1, 0.15) is 10.4 Å². The number of benzene rings is 2. The van der Waals surface area contributed by atoms with Crippen molar-refractivity contribution in [3.8, 4) is 0 Å². The number of rotatable bonds is 4. The molecular weight excluding hydrogens is 413 g/mol. The van der Waals surface area contributed by atoms with E-state index in [4.69, 9.17) is 11.6 Å². The summed E-state index contributed by atoms with van der Waals surface area (Å²) in [5, 5.41) is 11.0. The maximum atomic E-state index is 13.9. The lowest BCUT2D eigenvalue weighted by atomic mass is 10.1. The molecular formula is C17H15ClFN3O5S. The maximum absolute atomic E-state index is 13.9. The smallest absolute Gasteiger partial charge is 0.270 e. The number of non-ortho nitro benzene ring substituents is 1. The van der Waals surface area contributed by atoms with Crippen LogP contribution in [-0.4, -0.2) is 54.6 Å². The minimum Gasteiger partial charge on any atom is -0.336 e. The summed E-state index contributed by atoms with van der Waals surface area (Å²) in [4.78, 5) is 23.9. The first-order chi connectivity index (χ1) is 13.2. The number of piperazine rings is 1.